The van der Waals surface area contributed by atoms with Crippen LogP contribution in [0.1, 0.15) is 25.0 Å². The summed E-state index contributed by atoms with van der Waals surface area (Å²) in [6.45, 7) is 3.39. The second-order valence-electron chi connectivity index (χ2n) is 3.60. The van der Waals surface area contributed by atoms with Crippen molar-refractivity contribution in [1.82, 2.24) is 5.32 Å². The Morgan fingerprint density at radius 2 is 2.19 bits per heavy atom. The Hall–Kier alpha value is -0.830. The maximum absolute atomic E-state index is 9.89. The average Bonchev–Trinajstić information content (AvgIpc) is 2.29. The molecule has 0 amide bonds. The quantitative estimate of drug-likeness (QED) is 0.591. The van der Waals surface area contributed by atoms with Gasteiger partial charge in [0.2, 0.25) is 0 Å². The number of halogens is 1. The lowest BCUT2D eigenvalue weighted by molar-refractivity contribution is 0.175. The van der Waals surface area contributed by atoms with E-state index in [1.165, 1.54) is 0 Å². The summed E-state index contributed by atoms with van der Waals surface area (Å²) in [5.41, 5.74) is 0.780. The molecule has 0 radical (unpaired) electrons. The van der Waals surface area contributed by atoms with Crippen molar-refractivity contribution in [2.45, 2.75) is 19.4 Å². The van der Waals surface area contributed by atoms with Gasteiger partial charge < -0.3 is 10.4 Å². The molecule has 3 heteroatoms. The first-order valence-corrected chi connectivity index (χ1v) is 5.88. The van der Waals surface area contributed by atoms with Gasteiger partial charge in [-0.2, -0.15) is 0 Å². The minimum atomic E-state index is -0.542. The number of benzene rings is 1. The van der Waals surface area contributed by atoms with Gasteiger partial charge in [0.05, 0.1) is 6.10 Å². The Morgan fingerprint density at radius 1 is 1.44 bits per heavy atom. The van der Waals surface area contributed by atoms with Gasteiger partial charge in [-0.25, -0.2) is 0 Å². The molecule has 1 unspecified atom stereocenters. The summed E-state index contributed by atoms with van der Waals surface area (Å²) in [5, 5.41) is 13.7. The number of nitrogens with one attached hydrogen (secondary N) is 1. The summed E-state index contributed by atoms with van der Waals surface area (Å²) in [6.07, 6.45) is 4.55. The molecule has 0 saturated heterocycles. The highest BCUT2D eigenvalue weighted by atomic mass is 35.5. The highest BCUT2D eigenvalue weighted by Crippen LogP contribution is 2.21. The highest BCUT2D eigenvalue weighted by molar-refractivity contribution is 6.31. The largest absolute Gasteiger partial charge is 0.387 e. The van der Waals surface area contributed by atoms with Crippen LogP contribution in [-0.2, 0) is 0 Å². The van der Waals surface area contributed by atoms with Crippen LogP contribution in [0.4, 0.5) is 0 Å². The second kappa shape index (κ2) is 7.44. The van der Waals surface area contributed by atoms with Gasteiger partial charge in [0.25, 0.3) is 0 Å². The third-order valence-electron chi connectivity index (χ3n) is 2.33. The average molecular weight is 240 g/mol. The first kappa shape index (κ1) is 13.2. The fourth-order valence-corrected chi connectivity index (χ4v) is 1.71. The molecular formula is C13H18ClNO. The lowest BCUT2D eigenvalue weighted by Gasteiger charge is -2.13. The van der Waals surface area contributed by atoms with E-state index in [2.05, 4.69) is 11.4 Å². The molecule has 0 saturated carbocycles. The minimum Gasteiger partial charge on any atom is -0.387 e. The summed E-state index contributed by atoms with van der Waals surface area (Å²) in [5.74, 6) is 0. The van der Waals surface area contributed by atoms with Gasteiger partial charge in [-0.1, -0.05) is 42.0 Å². The predicted molar refractivity (Wildman–Crippen MR) is 68.7 cm³/mol. The maximum Gasteiger partial charge on any atom is 0.0928 e. The van der Waals surface area contributed by atoms with Gasteiger partial charge in [-0.15, -0.1) is 0 Å². The number of allylic oxidation sites excluding steroid dienone is 1. The second-order valence-corrected chi connectivity index (χ2v) is 4.01. The third kappa shape index (κ3) is 4.35. The molecule has 0 aliphatic rings. The van der Waals surface area contributed by atoms with Crippen molar-refractivity contribution in [2.24, 2.45) is 0 Å². The van der Waals surface area contributed by atoms with Gasteiger partial charge in [0, 0.05) is 17.1 Å². The molecule has 2 N–H and O–H groups in total. The molecule has 0 spiro atoms. The van der Waals surface area contributed by atoms with E-state index in [-0.39, 0.29) is 0 Å². The first-order valence-electron chi connectivity index (χ1n) is 5.50. The van der Waals surface area contributed by atoms with Crippen molar-refractivity contribution >= 4 is 11.6 Å². The molecule has 2 nitrogen and oxygen atoms in total. The van der Waals surface area contributed by atoms with Crippen LogP contribution in [0.15, 0.2) is 36.4 Å². The van der Waals surface area contributed by atoms with Crippen LogP contribution in [0, 0.1) is 0 Å². The summed E-state index contributed by atoms with van der Waals surface area (Å²) in [7, 11) is 0. The van der Waals surface area contributed by atoms with E-state index in [9.17, 15) is 5.11 Å². The van der Waals surface area contributed by atoms with E-state index in [4.69, 9.17) is 11.6 Å². The predicted octanol–water partition coefficient (Wildman–Crippen LogP) is 2.93. The molecule has 0 aliphatic carbocycles. The molecule has 1 rings (SSSR count). The van der Waals surface area contributed by atoms with Crippen LogP contribution in [0.5, 0.6) is 0 Å². The molecule has 0 heterocycles. The molecule has 1 aromatic rings. The molecule has 1 atom stereocenters. The Kier molecular flexibility index (Phi) is 6.16. The van der Waals surface area contributed by atoms with Crippen molar-refractivity contribution in [1.29, 1.82) is 0 Å². The van der Waals surface area contributed by atoms with Crippen molar-refractivity contribution in [3.8, 4) is 0 Å². The fourth-order valence-electron chi connectivity index (χ4n) is 1.45. The fraction of sp³-hybridized carbons (Fsp3) is 0.385. The highest BCUT2D eigenvalue weighted by Gasteiger charge is 2.09. The zero-order valence-electron chi connectivity index (χ0n) is 9.49. The number of aliphatic hydroxyl groups excluding tert-OH is 1. The number of hydrogen-bond acceptors (Lipinski definition) is 2. The Bertz CT molecular complexity index is 338. The summed E-state index contributed by atoms with van der Waals surface area (Å²) in [4.78, 5) is 0. The van der Waals surface area contributed by atoms with E-state index in [1.807, 2.05) is 31.2 Å². The lowest BCUT2D eigenvalue weighted by Crippen LogP contribution is -2.22. The molecule has 16 heavy (non-hydrogen) atoms. The molecule has 0 aliphatic heterocycles. The van der Waals surface area contributed by atoms with E-state index in [1.54, 1.807) is 6.07 Å². The monoisotopic (exact) mass is 239 g/mol. The first-order chi connectivity index (χ1) is 7.75. The van der Waals surface area contributed by atoms with Crippen molar-refractivity contribution in [3.05, 3.63) is 47.0 Å². The van der Waals surface area contributed by atoms with Gasteiger partial charge in [-0.3, -0.25) is 0 Å². The smallest absolute Gasteiger partial charge is 0.0928 e. The minimum absolute atomic E-state index is 0.529. The molecule has 88 valence electrons. The maximum atomic E-state index is 9.89. The zero-order valence-corrected chi connectivity index (χ0v) is 10.2. The van der Waals surface area contributed by atoms with Gasteiger partial charge in [0.1, 0.15) is 0 Å². The standard InChI is InChI=1S/C13H18ClNO/c1-2-3-6-9-15-10-13(16)11-7-4-5-8-12(11)14/h2-5,7-8,13,15-16H,6,9-10H2,1H3/b3-2+. The molecule has 0 fully saturated rings. The molecule has 0 aromatic heterocycles. The normalized spacial score (nSPS) is 13.2. The summed E-state index contributed by atoms with van der Waals surface area (Å²) in [6, 6.07) is 7.38. The summed E-state index contributed by atoms with van der Waals surface area (Å²) < 4.78 is 0. The van der Waals surface area contributed by atoms with Gasteiger partial charge in [0.15, 0.2) is 0 Å². The van der Waals surface area contributed by atoms with E-state index in [0.29, 0.717) is 11.6 Å². The Balaban J connectivity index is 2.35. The van der Waals surface area contributed by atoms with Crippen LogP contribution < -0.4 is 5.32 Å². The third-order valence-corrected chi connectivity index (χ3v) is 2.67. The van der Waals surface area contributed by atoms with Gasteiger partial charge in [-0.05, 0) is 26.0 Å². The summed E-state index contributed by atoms with van der Waals surface area (Å²) >= 11 is 5.98. The molecule has 0 bridgehead atoms. The zero-order chi connectivity index (χ0) is 11.8. The van der Waals surface area contributed by atoms with Crippen LogP contribution in [0.2, 0.25) is 5.02 Å². The van der Waals surface area contributed by atoms with Crippen molar-refractivity contribution in [3.63, 3.8) is 0 Å². The van der Waals surface area contributed by atoms with E-state index < -0.39 is 6.10 Å². The van der Waals surface area contributed by atoms with Crippen molar-refractivity contribution < 1.29 is 5.11 Å². The topological polar surface area (TPSA) is 32.3 Å². The van der Waals surface area contributed by atoms with E-state index in [0.717, 1.165) is 18.5 Å². The Morgan fingerprint density at radius 3 is 2.88 bits per heavy atom. The molecule has 1 aromatic carbocycles. The SMILES string of the molecule is C/C=C/CCNCC(O)c1ccccc1Cl. The molecular weight excluding hydrogens is 222 g/mol. The van der Waals surface area contributed by atoms with Crippen LogP contribution in [0.3, 0.4) is 0 Å². The van der Waals surface area contributed by atoms with Gasteiger partial charge >= 0.3 is 0 Å². The van der Waals surface area contributed by atoms with E-state index >= 15 is 0 Å². The van der Waals surface area contributed by atoms with Crippen LogP contribution in [-0.4, -0.2) is 18.2 Å². The van der Waals surface area contributed by atoms with Crippen LogP contribution in [0.25, 0.3) is 0 Å². The number of aliphatic hydroxyl groups is 1. The number of rotatable bonds is 6. The lowest BCUT2D eigenvalue weighted by atomic mass is 10.1. The Labute approximate surface area is 102 Å². The number of hydrogen-bond donors (Lipinski definition) is 2. The van der Waals surface area contributed by atoms with Crippen LogP contribution >= 0.6 is 11.6 Å². The van der Waals surface area contributed by atoms with Crippen molar-refractivity contribution in [2.75, 3.05) is 13.1 Å².